The topological polar surface area (TPSA) is 56.9 Å². The summed E-state index contributed by atoms with van der Waals surface area (Å²) in [5, 5.41) is 11.8. The molecule has 1 N–H and O–H groups in total. The standard InChI is InChI=1S/C12H19N5O/c1-10-11(7-14-16(10)2)6-13-12-8-15-17(9-12)4-5-18-3/h7-9,13H,4-6H2,1-3H3. The lowest BCUT2D eigenvalue weighted by atomic mass is 10.2. The van der Waals surface area contributed by atoms with Gasteiger partial charge in [-0.15, -0.1) is 0 Å². The third-order valence-electron chi connectivity index (χ3n) is 2.98. The molecule has 6 heteroatoms. The molecule has 0 fully saturated rings. The Morgan fingerprint density at radius 2 is 2.17 bits per heavy atom. The molecule has 2 aromatic rings. The minimum Gasteiger partial charge on any atom is -0.383 e. The number of anilines is 1. The zero-order valence-corrected chi connectivity index (χ0v) is 11.1. The number of rotatable bonds is 6. The van der Waals surface area contributed by atoms with Crippen molar-refractivity contribution in [3.8, 4) is 0 Å². The predicted octanol–water partition coefficient (Wildman–Crippen LogP) is 1.18. The number of methoxy groups -OCH3 is 1. The molecule has 98 valence electrons. The third-order valence-corrected chi connectivity index (χ3v) is 2.98. The molecule has 0 unspecified atom stereocenters. The number of hydrogen-bond donors (Lipinski definition) is 1. The second-order valence-corrected chi connectivity index (χ2v) is 4.22. The van der Waals surface area contributed by atoms with Gasteiger partial charge in [0.25, 0.3) is 0 Å². The van der Waals surface area contributed by atoms with E-state index in [-0.39, 0.29) is 0 Å². The maximum absolute atomic E-state index is 5.01. The average Bonchev–Trinajstić information content (AvgIpc) is 2.94. The van der Waals surface area contributed by atoms with Crippen LogP contribution in [0.1, 0.15) is 11.3 Å². The molecule has 2 heterocycles. The summed E-state index contributed by atoms with van der Waals surface area (Å²) in [5.41, 5.74) is 3.38. The molecule has 2 rings (SSSR count). The van der Waals surface area contributed by atoms with Gasteiger partial charge in [0.1, 0.15) is 0 Å². The number of nitrogens with zero attached hydrogens (tertiary/aromatic N) is 4. The Balaban J connectivity index is 1.90. The lowest BCUT2D eigenvalue weighted by molar-refractivity contribution is 0.183. The van der Waals surface area contributed by atoms with Gasteiger partial charge in [-0.05, 0) is 6.92 Å². The SMILES string of the molecule is COCCn1cc(NCc2cnn(C)c2C)cn1. The van der Waals surface area contributed by atoms with E-state index >= 15 is 0 Å². The van der Waals surface area contributed by atoms with Crippen molar-refractivity contribution >= 4 is 5.69 Å². The smallest absolute Gasteiger partial charge is 0.0729 e. The summed E-state index contributed by atoms with van der Waals surface area (Å²) < 4.78 is 8.75. The Hall–Kier alpha value is -1.82. The molecule has 18 heavy (non-hydrogen) atoms. The largest absolute Gasteiger partial charge is 0.383 e. The van der Waals surface area contributed by atoms with E-state index in [1.807, 2.05) is 35.0 Å². The molecule has 0 aromatic carbocycles. The highest BCUT2D eigenvalue weighted by Crippen LogP contribution is 2.10. The van der Waals surface area contributed by atoms with Gasteiger partial charge in [0.2, 0.25) is 0 Å². The third kappa shape index (κ3) is 2.89. The van der Waals surface area contributed by atoms with Crippen molar-refractivity contribution in [2.45, 2.75) is 20.0 Å². The highest BCUT2D eigenvalue weighted by atomic mass is 16.5. The van der Waals surface area contributed by atoms with E-state index in [0.717, 1.165) is 18.8 Å². The quantitative estimate of drug-likeness (QED) is 0.835. The van der Waals surface area contributed by atoms with Gasteiger partial charge in [0, 0.05) is 38.2 Å². The van der Waals surface area contributed by atoms with E-state index in [0.29, 0.717) is 6.61 Å². The van der Waals surface area contributed by atoms with Gasteiger partial charge in [0.05, 0.1) is 31.2 Å². The lowest BCUT2D eigenvalue weighted by Gasteiger charge is -2.03. The van der Waals surface area contributed by atoms with Crippen LogP contribution in [-0.4, -0.2) is 33.3 Å². The molecule has 0 radical (unpaired) electrons. The van der Waals surface area contributed by atoms with Crippen molar-refractivity contribution < 1.29 is 4.74 Å². The highest BCUT2D eigenvalue weighted by Gasteiger charge is 2.04. The minimum absolute atomic E-state index is 0.669. The molecule has 0 bridgehead atoms. The second-order valence-electron chi connectivity index (χ2n) is 4.22. The number of nitrogens with one attached hydrogen (secondary N) is 1. The van der Waals surface area contributed by atoms with Crippen molar-refractivity contribution in [1.82, 2.24) is 19.6 Å². The maximum Gasteiger partial charge on any atom is 0.0729 e. The van der Waals surface area contributed by atoms with Gasteiger partial charge in [-0.3, -0.25) is 9.36 Å². The number of aryl methyl sites for hydroxylation is 1. The van der Waals surface area contributed by atoms with Crippen LogP contribution in [0.2, 0.25) is 0 Å². The number of aromatic nitrogens is 4. The first-order valence-electron chi connectivity index (χ1n) is 5.93. The molecule has 0 amide bonds. The van der Waals surface area contributed by atoms with Gasteiger partial charge in [-0.1, -0.05) is 0 Å². The van der Waals surface area contributed by atoms with E-state index in [4.69, 9.17) is 4.74 Å². The molecule has 0 saturated carbocycles. The summed E-state index contributed by atoms with van der Waals surface area (Å²) in [6, 6.07) is 0. The summed E-state index contributed by atoms with van der Waals surface area (Å²) >= 11 is 0. The van der Waals surface area contributed by atoms with E-state index in [1.165, 1.54) is 11.3 Å². The van der Waals surface area contributed by atoms with E-state index in [2.05, 4.69) is 22.4 Å². The van der Waals surface area contributed by atoms with Gasteiger partial charge in [-0.2, -0.15) is 10.2 Å². The Kier molecular flexibility index (Phi) is 3.99. The van der Waals surface area contributed by atoms with E-state index < -0.39 is 0 Å². The van der Waals surface area contributed by atoms with Crippen LogP contribution in [0, 0.1) is 6.92 Å². The predicted molar refractivity (Wildman–Crippen MR) is 69.4 cm³/mol. The number of hydrogen-bond acceptors (Lipinski definition) is 4. The zero-order chi connectivity index (χ0) is 13.0. The van der Waals surface area contributed by atoms with Gasteiger partial charge in [0.15, 0.2) is 0 Å². The zero-order valence-electron chi connectivity index (χ0n) is 11.1. The van der Waals surface area contributed by atoms with Crippen molar-refractivity contribution in [1.29, 1.82) is 0 Å². The molecule has 0 aliphatic carbocycles. The second kappa shape index (κ2) is 5.68. The van der Waals surface area contributed by atoms with Gasteiger partial charge in [-0.25, -0.2) is 0 Å². The maximum atomic E-state index is 5.01. The Morgan fingerprint density at radius 1 is 1.33 bits per heavy atom. The normalized spacial score (nSPS) is 10.8. The highest BCUT2D eigenvalue weighted by molar-refractivity contribution is 5.39. The van der Waals surface area contributed by atoms with Gasteiger partial charge >= 0.3 is 0 Å². The molecule has 0 aliphatic heterocycles. The van der Waals surface area contributed by atoms with E-state index in [1.54, 1.807) is 7.11 Å². The van der Waals surface area contributed by atoms with Crippen molar-refractivity contribution in [2.75, 3.05) is 19.0 Å². The fourth-order valence-electron chi connectivity index (χ4n) is 1.68. The molecule has 6 nitrogen and oxygen atoms in total. The molecule has 0 atom stereocenters. The van der Waals surface area contributed by atoms with Crippen LogP contribution in [0.25, 0.3) is 0 Å². The molecule has 2 aromatic heterocycles. The van der Waals surface area contributed by atoms with Gasteiger partial charge < -0.3 is 10.1 Å². The molecule has 0 saturated heterocycles. The van der Waals surface area contributed by atoms with Crippen molar-refractivity contribution in [3.63, 3.8) is 0 Å². The summed E-state index contributed by atoms with van der Waals surface area (Å²) in [5.74, 6) is 0. The monoisotopic (exact) mass is 249 g/mol. The summed E-state index contributed by atoms with van der Waals surface area (Å²) in [7, 11) is 3.63. The Morgan fingerprint density at radius 3 is 2.83 bits per heavy atom. The summed E-state index contributed by atoms with van der Waals surface area (Å²) in [6.45, 7) is 4.26. The fourth-order valence-corrected chi connectivity index (χ4v) is 1.68. The van der Waals surface area contributed by atoms with Crippen LogP contribution in [0.4, 0.5) is 5.69 Å². The molecule has 0 aliphatic rings. The Labute approximate surface area is 107 Å². The minimum atomic E-state index is 0.669. The molecular weight excluding hydrogens is 230 g/mol. The summed E-state index contributed by atoms with van der Waals surface area (Å²) in [6.07, 6.45) is 5.68. The van der Waals surface area contributed by atoms with Crippen molar-refractivity contribution in [2.24, 2.45) is 7.05 Å². The molecular formula is C12H19N5O. The Bertz CT molecular complexity index is 502. The van der Waals surface area contributed by atoms with Crippen LogP contribution in [-0.2, 0) is 24.9 Å². The van der Waals surface area contributed by atoms with Crippen molar-refractivity contribution in [3.05, 3.63) is 29.8 Å². The lowest BCUT2D eigenvalue weighted by Crippen LogP contribution is -2.04. The van der Waals surface area contributed by atoms with Crippen LogP contribution in [0.5, 0.6) is 0 Å². The summed E-state index contributed by atoms with van der Waals surface area (Å²) in [4.78, 5) is 0. The molecule has 0 spiro atoms. The van der Waals surface area contributed by atoms with Crippen LogP contribution in [0.3, 0.4) is 0 Å². The van der Waals surface area contributed by atoms with Crippen LogP contribution in [0.15, 0.2) is 18.6 Å². The van der Waals surface area contributed by atoms with Crippen LogP contribution >= 0.6 is 0 Å². The first-order chi connectivity index (χ1) is 8.70. The fraction of sp³-hybridized carbons (Fsp3) is 0.500. The van der Waals surface area contributed by atoms with E-state index in [9.17, 15) is 0 Å². The number of ether oxygens (including phenoxy) is 1. The van der Waals surface area contributed by atoms with Crippen LogP contribution < -0.4 is 5.32 Å². The first kappa shape index (κ1) is 12.6. The first-order valence-corrected chi connectivity index (χ1v) is 5.93. The average molecular weight is 249 g/mol.